The number of hydrogen-bond acceptors (Lipinski definition) is 2. The molecule has 1 aromatic carbocycles. The molecular formula is C13H17N3. The van der Waals surface area contributed by atoms with Crippen molar-refractivity contribution >= 4 is 0 Å². The van der Waals surface area contributed by atoms with E-state index in [9.17, 15) is 0 Å². The highest BCUT2D eigenvalue weighted by Gasteiger charge is 2.18. The fraction of sp³-hybridized carbons (Fsp3) is 0.308. The van der Waals surface area contributed by atoms with Gasteiger partial charge in [-0.15, -0.1) is 0 Å². The Morgan fingerprint density at radius 2 is 2.00 bits per heavy atom. The van der Waals surface area contributed by atoms with Gasteiger partial charge in [-0.2, -0.15) is 0 Å². The molecule has 2 aromatic rings. The van der Waals surface area contributed by atoms with Gasteiger partial charge in [0, 0.05) is 24.0 Å². The summed E-state index contributed by atoms with van der Waals surface area (Å²) in [5.74, 6) is 0. The number of rotatable bonds is 4. The monoisotopic (exact) mass is 215 g/mol. The van der Waals surface area contributed by atoms with Crippen LogP contribution in [0, 0.1) is 0 Å². The molecule has 0 fully saturated rings. The van der Waals surface area contributed by atoms with Gasteiger partial charge in [-0.25, -0.2) is 4.98 Å². The molecule has 2 N–H and O–H groups in total. The molecule has 0 radical (unpaired) electrons. The van der Waals surface area contributed by atoms with Crippen molar-refractivity contribution in [3.63, 3.8) is 0 Å². The van der Waals surface area contributed by atoms with E-state index in [0.717, 1.165) is 12.2 Å². The van der Waals surface area contributed by atoms with Gasteiger partial charge in [-0.3, -0.25) is 0 Å². The van der Waals surface area contributed by atoms with E-state index < -0.39 is 0 Å². The first-order valence-electron chi connectivity index (χ1n) is 5.46. The first-order chi connectivity index (χ1) is 7.68. The van der Waals surface area contributed by atoms with Crippen molar-refractivity contribution in [2.75, 3.05) is 0 Å². The zero-order valence-corrected chi connectivity index (χ0v) is 9.70. The summed E-state index contributed by atoms with van der Waals surface area (Å²) in [6.07, 6.45) is 3.54. The number of aromatic nitrogens is 2. The Bertz CT molecular complexity index is 418. The third kappa shape index (κ3) is 2.49. The van der Waals surface area contributed by atoms with Gasteiger partial charge in [-0.05, 0) is 19.4 Å². The van der Waals surface area contributed by atoms with Gasteiger partial charge in [0.2, 0.25) is 0 Å². The molecule has 0 amide bonds. The summed E-state index contributed by atoms with van der Waals surface area (Å²) in [6.45, 7) is 5.15. The highest BCUT2D eigenvalue weighted by Crippen LogP contribution is 2.19. The minimum Gasteiger partial charge on any atom is -0.347 e. The first kappa shape index (κ1) is 10.9. The maximum Gasteiger partial charge on any atom is 0.0922 e. The number of H-pyrrole nitrogens is 1. The van der Waals surface area contributed by atoms with E-state index >= 15 is 0 Å². The molecule has 1 heterocycles. The molecule has 1 aromatic heterocycles. The Kier molecular flexibility index (Phi) is 3.06. The van der Waals surface area contributed by atoms with E-state index in [1.54, 1.807) is 6.33 Å². The molecule has 2 rings (SSSR count). The molecule has 84 valence electrons. The first-order valence-corrected chi connectivity index (χ1v) is 5.46. The Labute approximate surface area is 95.9 Å². The van der Waals surface area contributed by atoms with Crippen molar-refractivity contribution in [2.45, 2.75) is 25.9 Å². The van der Waals surface area contributed by atoms with Gasteiger partial charge >= 0.3 is 0 Å². The van der Waals surface area contributed by atoms with Crippen molar-refractivity contribution in [1.82, 2.24) is 15.3 Å². The minimum absolute atomic E-state index is 0.0353. The van der Waals surface area contributed by atoms with Gasteiger partial charge in [0.25, 0.3) is 0 Å². The van der Waals surface area contributed by atoms with Crippen LogP contribution in [0.1, 0.15) is 25.1 Å². The lowest BCUT2D eigenvalue weighted by Crippen LogP contribution is -2.35. The topological polar surface area (TPSA) is 40.7 Å². The summed E-state index contributed by atoms with van der Waals surface area (Å²) < 4.78 is 0. The molecule has 0 bridgehead atoms. The largest absolute Gasteiger partial charge is 0.347 e. The summed E-state index contributed by atoms with van der Waals surface area (Å²) in [4.78, 5) is 7.09. The zero-order chi connectivity index (χ0) is 11.4. The van der Waals surface area contributed by atoms with Gasteiger partial charge in [0.1, 0.15) is 0 Å². The van der Waals surface area contributed by atoms with Crippen LogP contribution in [-0.4, -0.2) is 9.97 Å². The van der Waals surface area contributed by atoms with E-state index in [1.807, 2.05) is 12.3 Å². The Morgan fingerprint density at radius 1 is 1.25 bits per heavy atom. The molecule has 0 saturated heterocycles. The predicted molar refractivity (Wildman–Crippen MR) is 64.9 cm³/mol. The standard InChI is InChI=1S/C13H17N3/c1-13(2,11-6-4-3-5-7-11)16-9-12-8-14-10-15-12/h3-8,10,16H,9H2,1-2H3,(H,14,15). The van der Waals surface area contributed by atoms with Crippen LogP contribution in [0.3, 0.4) is 0 Å². The van der Waals surface area contributed by atoms with Crippen LogP contribution < -0.4 is 5.32 Å². The molecule has 0 atom stereocenters. The summed E-state index contributed by atoms with van der Waals surface area (Å²) in [5, 5.41) is 3.51. The van der Waals surface area contributed by atoms with Gasteiger partial charge < -0.3 is 10.3 Å². The summed E-state index contributed by atoms with van der Waals surface area (Å²) >= 11 is 0. The second-order valence-electron chi connectivity index (χ2n) is 4.42. The smallest absolute Gasteiger partial charge is 0.0922 e. The van der Waals surface area contributed by atoms with Crippen LogP contribution in [0.25, 0.3) is 0 Å². The molecule has 0 unspecified atom stereocenters. The highest BCUT2D eigenvalue weighted by atomic mass is 15.0. The number of nitrogens with zero attached hydrogens (tertiary/aromatic N) is 1. The number of benzene rings is 1. The van der Waals surface area contributed by atoms with Crippen molar-refractivity contribution in [2.24, 2.45) is 0 Å². The quantitative estimate of drug-likeness (QED) is 0.822. The van der Waals surface area contributed by atoms with Crippen LogP contribution in [0.4, 0.5) is 0 Å². The van der Waals surface area contributed by atoms with Crippen molar-refractivity contribution in [3.05, 3.63) is 54.1 Å². The zero-order valence-electron chi connectivity index (χ0n) is 9.70. The van der Waals surface area contributed by atoms with Crippen molar-refractivity contribution in [3.8, 4) is 0 Å². The Morgan fingerprint density at radius 3 is 2.62 bits per heavy atom. The lowest BCUT2D eigenvalue weighted by atomic mass is 9.94. The van der Waals surface area contributed by atoms with E-state index in [1.165, 1.54) is 5.56 Å². The van der Waals surface area contributed by atoms with Crippen LogP contribution in [0.5, 0.6) is 0 Å². The number of nitrogens with one attached hydrogen (secondary N) is 2. The highest BCUT2D eigenvalue weighted by molar-refractivity contribution is 5.22. The summed E-state index contributed by atoms with van der Waals surface area (Å²) in [6, 6.07) is 10.4. The van der Waals surface area contributed by atoms with E-state index in [4.69, 9.17) is 0 Å². The average molecular weight is 215 g/mol. The lowest BCUT2D eigenvalue weighted by molar-refractivity contribution is 0.399. The van der Waals surface area contributed by atoms with Gasteiger partial charge in [0.15, 0.2) is 0 Å². The van der Waals surface area contributed by atoms with E-state index in [-0.39, 0.29) is 5.54 Å². The van der Waals surface area contributed by atoms with Crippen molar-refractivity contribution in [1.29, 1.82) is 0 Å². The number of hydrogen-bond donors (Lipinski definition) is 2. The molecule has 3 nitrogen and oxygen atoms in total. The molecule has 3 heteroatoms. The van der Waals surface area contributed by atoms with Crippen LogP contribution in [0.2, 0.25) is 0 Å². The summed E-state index contributed by atoms with van der Waals surface area (Å²) in [5.41, 5.74) is 2.35. The SMILES string of the molecule is CC(C)(NCc1cnc[nH]1)c1ccccc1. The lowest BCUT2D eigenvalue weighted by Gasteiger charge is -2.26. The van der Waals surface area contributed by atoms with Gasteiger partial charge in [-0.1, -0.05) is 30.3 Å². The fourth-order valence-electron chi connectivity index (χ4n) is 1.65. The molecule has 0 saturated carbocycles. The average Bonchev–Trinajstić information content (AvgIpc) is 2.81. The molecule has 0 aliphatic rings. The normalized spacial score (nSPS) is 11.6. The molecular weight excluding hydrogens is 198 g/mol. The Hall–Kier alpha value is -1.61. The minimum atomic E-state index is -0.0353. The molecule has 16 heavy (non-hydrogen) atoms. The number of imidazole rings is 1. The fourth-order valence-corrected chi connectivity index (χ4v) is 1.65. The third-order valence-electron chi connectivity index (χ3n) is 2.77. The van der Waals surface area contributed by atoms with E-state index in [0.29, 0.717) is 0 Å². The number of aromatic amines is 1. The van der Waals surface area contributed by atoms with Crippen LogP contribution in [0.15, 0.2) is 42.9 Å². The molecule has 0 aliphatic carbocycles. The predicted octanol–water partition coefficient (Wildman–Crippen LogP) is 2.43. The Balaban J connectivity index is 2.03. The second-order valence-corrected chi connectivity index (χ2v) is 4.42. The second kappa shape index (κ2) is 4.49. The molecule has 0 spiro atoms. The maximum absolute atomic E-state index is 4.00. The van der Waals surface area contributed by atoms with Crippen LogP contribution in [-0.2, 0) is 12.1 Å². The summed E-state index contributed by atoms with van der Waals surface area (Å²) in [7, 11) is 0. The maximum atomic E-state index is 4.00. The van der Waals surface area contributed by atoms with E-state index in [2.05, 4.69) is 53.4 Å². The molecule has 0 aliphatic heterocycles. The third-order valence-corrected chi connectivity index (χ3v) is 2.77. The van der Waals surface area contributed by atoms with Crippen molar-refractivity contribution < 1.29 is 0 Å². The van der Waals surface area contributed by atoms with Crippen LogP contribution >= 0.6 is 0 Å². The van der Waals surface area contributed by atoms with Gasteiger partial charge in [0.05, 0.1) is 6.33 Å².